The normalized spacial score (nSPS) is 11.6. The zero-order valence-electron chi connectivity index (χ0n) is 10.8. The molecule has 0 radical (unpaired) electrons. The van der Waals surface area contributed by atoms with Crippen LogP contribution in [0.25, 0.3) is 0 Å². The van der Waals surface area contributed by atoms with Crippen molar-refractivity contribution in [3.05, 3.63) is 63.3 Å². The van der Waals surface area contributed by atoms with E-state index in [-0.39, 0.29) is 11.4 Å². The molecule has 0 aliphatic carbocycles. The highest BCUT2D eigenvalue weighted by Crippen LogP contribution is 2.19. The molecule has 0 amide bonds. The van der Waals surface area contributed by atoms with Crippen molar-refractivity contribution in [1.82, 2.24) is 4.72 Å². The summed E-state index contributed by atoms with van der Waals surface area (Å²) in [6.45, 7) is 0.165. The van der Waals surface area contributed by atoms with Crippen molar-refractivity contribution in [1.29, 1.82) is 0 Å². The maximum Gasteiger partial charge on any atom is 0.243 e. The lowest BCUT2D eigenvalue weighted by Crippen LogP contribution is -2.26. The Morgan fingerprint density at radius 2 is 1.95 bits per heavy atom. The van der Waals surface area contributed by atoms with Gasteiger partial charge in [0, 0.05) is 16.0 Å². The van der Waals surface area contributed by atoms with E-state index in [1.165, 1.54) is 12.1 Å². The minimum Gasteiger partial charge on any atom is -0.211 e. The van der Waals surface area contributed by atoms with Crippen molar-refractivity contribution in [2.75, 3.05) is 6.54 Å². The lowest BCUT2D eigenvalue weighted by atomic mass is 10.2. The lowest BCUT2D eigenvalue weighted by Gasteiger charge is -2.08. The van der Waals surface area contributed by atoms with Crippen molar-refractivity contribution >= 4 is 37.6 Å². The second-order valence-electron chi connectivity index (χ2n) is 4.35. The first-order valence-corrected chi connectivity index (χ1v) is 8.73. The monoisotopic (exact) mass is 391 g/mol. The van der Waals surface area contributed by atoms with Crippen LogP contribution in [0.1, 0.15) is 5.56 Å². The Morgan fingerprint density at radius 1 is 1.19 bits per heavy atom. The number of hydrogen-bond acceptors (Lipinski definition) is 2. The van der Waals surface area contributed by atoms with Gasteiger partial charge in [-0.1, -0.05) is 39.7 Å². The SMILES string of the molecule is O=S(=O)(NCCc1cccc(Cl)c1)c1ccc(Br)cc1F. The van der Waals surface area contributed by atoms with Gasteiger partial charge in [0.2, 0.25) is 10.0 Å². The minimum absolute atomic E-state index is 0.165. The van der Waals surface area contributed by atoms with Gasteiger partial charge in [-0.2, -0.15) is 0 Å². The van der Waals surface area contributed by atoms with Crippen LogP contribution in [0, 0.1) is 5.82 Å². The van der Waals surface area contributed by atoms with Crippen molar-refractivity contribution in [2.45, 2.75) is 11.3 Å². The third kappa shape index (κ3) is 4.51. The highest BCUT2D eigenvalue weighted by atomic mass is 79.9. The highest BCUT2D eigenvalue weighted by molar-refractivity contribution is 9.10. The van der Waals surface area contributed by atoms with E-state index in [2.05, 4.69) is 20.7 Å². The third-order valence-electron chi connectivity index (χ3n) is 2.78. The number of nitrogens with one attached hydrogen (secondary N) is 1. The Morgan fingerprint density at radius 3 is 2.62 bits per heavy atom. The van der Waals surface area contributed by atoms with Crippen LogP contribution in [0.2, 0.25) is 5.02 Å². The number of halogens is 3. The summed E-state index contributed by atoms with van der Waals surface area (Å²) in [6.07, 6.45) is 0.470. The van der Waals surface area contributed by atoms with Gasteiger partial charge in [-0.05, 0) is 42.3 Å². The van der Waals surface area contributed by atoms with E-state index in [0.29, 0.717) is 15.9 Å². The van der Waals surface area contributed by atoms with Gasteiger partial charge in [0.25, 0.3) is 0 Å². The average Bonchev–Trinajstić information content (AvgIpc) is 2.38. The van der Waals surface area contributed by atoms with Crippen LogP contribution in [0.3, 0.4) is 0 Å². The molecule has 1 N–H and O–H groups in total. The van der Waals surface area contributed by atoms with E-state index in [0.717, 1.165) is 11.6 Å². The molecule has 112 valence electrons. The Bertz CT molecular complexity index is 752. The highest BCUT2D eigenvalue weighted by Gasteiger charge is 2.18. The molecule has 0 atom stereocenters. The molecule has 0 spiro atoms. The Kier molecular flexibility index (Phi) is 5.37. The van der Waals surface area contributed by atoms with Crippen molar-refractivity contribution in [2.24, 2.45) is 0 Å². The van der Waals surface area contributed by atoms with Crippen LogP contribution in [0.15, 0.2) is 51.8 Å². The predicted molar refractivity (Wildman–Crippen MR) is 84.4 cm³/mol. The number of sulfonamides is 1. The predicted octanol–water partition coefficient (Wildman–Crippen LogP) is 3.76. The van der Waals surface area contributed by atoms with Gasteiger partial charge in [0.15, 0.2) is 0 Å². The molecule has 0 aromatic heterocycles. The first-order valence-electron chi connectivity index (χ1n) is 6.08. The minimum atomic E-state index is -3.87. The maximum atomic E-state index is 13.7. The Balaban J connectivity index is 2.05. The molecular weight excluding hydrogens is 381 g/mol. The molecule has 0 fully saturated rings. The van der Waals surface area contributed by atoms with Crippen LogP contribution in [-0.4, -0.2) is 15.0 Å². The molecule has 3 nitrogen and oxygen atoms in total. The van der Waals surface area contributed by atoms with Gasteiger partial charge in [0.05, 0.1) is 0 Å². The van der Waals surface area contributed by atoms with E-state index in [1.807, 2.05) is 6.07 Å². The summed E-state index contributed by atoms with van der Waals surface area (Å²) < 4.78 is 40.6. The standard InChI is InChI=1S/C14H12BrClFNO2S/c15-11-4-5-14(13(17)9-11)21(19,20)18-7-6-10-2-1-3-12(16)8-10/h1-5,8-9,18H,6-7H2. The van der Waals surface area contributed by atoms with Crippen LogP contribution < -0.4 is 4.72 Å². The zero-order chi connectivity index (χ0) is 15.5. The first-order chi connectivity index (χ1) is 9.88. The van der Waals surface area contributed by atoms with E-state index < -0.39 is 15.8 Å². The van der Waals surface area contributed by atoms with Crippen LogP contribution >= 0.6 is 27.5 Å². The largest absolute Gasteiger partial charge is 0.243 e. The molecule has 2 aromatic carbocycles. The fourth-order valence-electron chi connectivity index (χ4n) is 1.79. The first kappa shape index (κ1) is 16.4. The van der Waals surface area contributed by atoms with Gasteiger partial charge in [-0.15, -0.1) is 0 Å². The number of hydrogen-bond donors (Lipinski definition) is 1. The van der Waals surface area contributed by atoms with Crippen molar-refractivity contribution in [3.8, 4) is 0 Å². The smallest absolute Gasteiger partial charge is 0.211 e. The summed E-state index contributed by atoms with van der Waals surface area (Å²) in [4.78, 5) is -0.364. The molecule has 0 bridgehead atoms. The van der Waals surface area contributed by atoms with E-state index in [1.54, 1.807) is 18.2 Å². The molecule has 21 heavy (non-hydrogen) atoms. The molecule has 0 aliphatic rings. The Labute approximate surface area is 136 Å². The fourth-order valence-corrected chi connectivity index (χ4v) is 3.43. The Hall–Kier alpha value is -0.950. The fraction of sp³-hybridized carbons (Fsp3) is 0.143. The van der Waals surface area contributed by atoms with E-state index in [4.69, 9.17) is 11.6 Å². The maximum absolute atomic E-state index is 13.7. The molecule has 7 heteroatoms. The molecule has 0 aliphatic heterocycles. The molecule has 0 saturated heterocycles. The third-order valence-corrected chi connectivity index (χ3v) is 5.00. The van der Waals surface area contributed by atoms with Gasteiger partial charge in [-0.25, -0.2) is 17.5 Å². The summed E-state index contributed by atoms with van der Waals surface area (Å²) in [5.74, 6) is -0.792. The second-order valence-corrected chi connectivity index (χ2v) is 7.44. The summed E-state index contributed by atoms with van der Waals surface area (Å²) in [6, 6.07) is 11.0. The summed E-state index contributed by atoms with van der Waals surface area (Å²) in [7, 11) is -3.87. The van der Waals surface area contributed by atoms with Crippen molar-refractivity contribution in [3.63, 3.8) is 0 Å². The number of benzene rings is 2. The van der Waals surface area contributed by atoms with Gasteiger partial charge in [-0.3, -0.25) is 0 Å². The van der Waals surface area contributed by atoms with Crippen molar-refractivity contribution < 1.29 is 12.8 Å². The summed E-state index contributed by atoms with van der Waals surface area (Å²) in [5.41, 5.74) is 0.904. The van der Waals surface area contributed by atoms with E-state index >= 15 is 0 Å². The summed E-state index contributed by atoms with van der Waals surface area (Å²) >= 11 is 8.94. The molecular formula is C14H12BrClFNO2S. The quantitative estimate of drug-likeness (QED) is 0.842. The average molecular weight is 393 g/mol. The van der Waals surface area contributed by atoms with Gasteiger partial charge < -0.3 is 0 Å². The van der Waals surface area contributed by atoms with Crippen LogP contribution in [0.5, 0.6) is 0 Å². The summed E-state index contributed by atoms with van der Waals surface area (Å²) in [5, 5.41) is 0.592. The molecule has 0 unspecified atom stereocenters. The zero-order valence-corrected chi connectivity index (χ0v) is 14.0. The number of rotatable bonds is 5. The van der Waals surface area contributed by atoms with Gasteiger partial charge in [0.1, 0.15) is 10.7 Å². The molecule has 0 saturated carbocycles. The molecule has 0 heterocycles. The lowest BCUT2D eigenvalue weighted by molar-refractivity contribution is 0.556. The van der Waals surface area contributed by atoms with E-state index in [9.17, 15) is 12.8 Å². The van der Waals surface area contributed by atoms with Gasteiger partial charge >= 0.3 is 0 Å². The topological polar surface area (TPSA) is 46.2 Å². The second kappa shape index (κ2) is 6.87. The van der Waals surface area contributed by atoms with Crippen LogP contribution in [-0.2, 0) is 16.4 Å². The molecule has 2 aromatic rings. The van der Waals surface area contributed by atoms with Crippen LogP contribution in [0.4, 0.5) is 4.39 Å². The molecule has 2 rings (SSSR count).